The Morgan fingerprint density at radius 3 is 1.71 bits per heavy atom. The SMILES string of the molecule is Cc1ccc2c(c1)B1c3c(cc(-n4c5cc(C(C)(C)C)ccc5c5ccc(C(C)(C)C)cc54)cc3-n3c4ccccc4c4cc(C)cc1c43)N2c1ccccc1. The molecule has 0 aliphatic carbocycles. The molecule has 0 spiro atoms. The third-order valence-electron chi connectivity index (χ3n) is 12.7. The molecule has 0 fully saturated rings. The summed E-state index contributed by atoms with van der Waals surface area (Å²) in [5.41, 5.74) is 20.5. The fraction of sp³-hybridized carbons (Fsp3) is 0.192. The molecule has 0 atom stereocenters. The minimum absolute atomic E-state index is 0.00453. The van der Waals surface area contributed by atoms with Gasteiger partial charge in [-0.25, -0.2) is 0 Å². The number of aryl methyl sites for hydroxylation is 2. The molecule has 0 amide bonds. The number of rotatable bonds is 2. The summed E-state index contributed by atoms with van der Waals surface area (Å²) in [7, 11) is 0. The number of benzene rings is 7. The molecule has 56 heavy (non-hydrogen) atoms. The van der Waals surface area contributed by atoms with Gasteiger partial charge in [-0.2, -0.15) is 0 Å². The van der Waals surface area contributed by atoms with E-state index in [9.17, 15) is 0 Å². The van der Waals surface area contributed by atoms with Crippen LogP contribution in [0.3, 0.4) is 0 Å². The second-order valence-electron chi connectivity index (χ2n) is 18.5. The molecule has 0 saturated heterocycles. The Morgan fingerprint density at radius 1 is 0.429 bits per heavy atom. The summed E-state index contributed by atoms with van der Waals surface area (Å²) in [5, 5.41) is 5.20. The Hall–Kier alpha value is -6.00. The van der Waals surface area contributed by atoms with E-state index in [0.29, 0.717) is 0 Å². The summed E-state index contributed by atoms with van der Waals surface area (Å²) in [6.07, 6.45) is 0. The summed E-state index contributed by atoms with van der Waals surface area (Å²) in [4.78, 5) is 2.53. The molecule has 0 N–H and O–H groups in total. The molecule has 2 aromatic heterocycles. The van der Waals surface area contributed by atoms with Gasteiger partial charge < -0.3 is 14.0 Å². The Kier molecular flexibility index (Phi) is 6.73. The number of hydrogen-bond donors (Lipinski definition) is 0. The third kappa shape index (κ3) is 4.59. The van der Waals surface area contributed by atoms with Gasteiger partial charge in [-0.05, 0) is 107 Å². The topological polar surface area (TPSA) is 13.1 Å². The fourth-order valence-electron chi connectivity index (χ4n) is 9.95. The molecule has 0 radical (unpaired) electrons. The van der Waals surface area contributed by atoms with Crippen LogP contribution in [0.1, 0.15) is 63.8 Å². The molecule has 2 aliphatic rings. The van der Waals surface area contributed by atoms with Crippen molar-refractivity contribution in [2.45, 2.75) is 66.2 Å². The molecule has 2 aliphatic heterocycles. The van der Waals surface area contributed by atoms with Gasteiger partial charge in [0.1, 0.15) is 0 Å². The Bertz CT molecular complexity index is 3060. The van der Waals surface area contributed by atoms with Crippen molar-refractivity contribution in [1.82, 2.24) is 9.13 Å². The van der Waals surface area contributed by atoms with Crippen LogP contribution in [-0.2, 0) is 10.8 Å². The van der Waals surface area contributed by atoms with Gasteiger partial charge in [-0.1, -0.05) is 132 Å². The standard InChI is InChI=1S/C52H46BN3/c1-31-18-23-44-41(25-31)53-42-26-32(2)24-40-37-16-12-13-17-43(37)56(50(40)42)48-30-36(29-47(49(48)53)54(44)35-14-10-9-11-15-35)55-45-27-33(51(3,4)5)19-21-38(45)39-22-20-34(28-46(39)55)52(6,7)8/h9-30H,1-8H3. The van der Waals surface area contributed by atoms with Crippen molar-refractivity contribution >= 4 is 83.8 Å². The zero-order chi connectivity index (χ0) is 38.4. The molecule has 11 rings (SSSR count). The van der Waals surface area contributed by atoms with E-state index in [4.69, 9.17) is 0 Å². The molecule has 9 aromatic rings. The zero-order valence-corrected chi connectivity index (χ0v) is 33.6. The van der Waals surface area contributed by atoms with E-state index in [1.165, 1.54) is 111 Å². The highest BCUT2D eigenvalue weighted by atomic mass is 15.2. The summed E-state index contributed by atoms with van der Waals surface area (Å²) in [5.74, 6) is 0. The maximum atomic E-state index is 2.59. The third-order valence-corrected chi connectivity index (χ3v) is 12.7. The van der Waals surface area contributed by atoms with Gasteiger partial charge in [0.2, 0.25) is 0 Å². The molecular weight excluding hydrogens is 677 g/mol. The molecule has 7 aromatic carbocycles. The van der Waals surface area contributed by atoms with Gasteiger partial charge in [0, 0.05) is 49.8 Å². The lowest BCUT2D eigenvalue weighted by atomic mass is 9.33. The van der Waals surface area contributed by atoms with E-state index < -0.39 is 0 Å². The second kappa shape index (κ2) is 11.3. The molecule has 0 bridgehead atoms. The van der Waals surface area contributed by atoms with Crippen LogP contribution < -0.4 is 21.3 Å². The molecular formula is C52H46BN3. The van der Waals surface area contributed by atoms with Crippen LogP contribution in [-0.4, -0.2) is 15.8 Å². The van der Waals surface area contributed by atoms with Gasteiger partial charge >= 0.3 is 0 Å². The van der Waals surface area contributed by atoms with Crippen LogP contribution in [0.15, 0.2) is 133 Å². The lowest BCUT2D eigenvalue weighted by molar-refractivity contribution is 0.591. The molecule has 4 heterocycles. The highest BCUT2D eigenvalue weighted by molar-refractivity contribution is 7.00. The predicted octanol–water partition coefficient (Wildman–Crippen LogP) is 11.7. The van der Waals surface area contributed by atoms with Crippen LogP contribution in [0, 0.1) is 13.8 Å². The van der Waals surface area contributed by atoms with Crippen molar-refractivity contribution in [2.75, 3.05) is 4.90 Å². The average Bonchev–Trinajstić information content (AvgIpc) is 3.68. The largest absolute Gasteiger partial charge is 0.311 e. The van der Waals surface area contributed by atoms with E-state index in [2.05, 4.69) is 203 Å². The molecule has 0 unspecified atom stereocenters. The minimum atomic E-state index is 0.00453. The van der Waals surface area contributed by atoms with E-state index >= 15 is 0 Å². The van der Waals surface area contributed by atoms with Crippen molar-refractivity contribution in [1.29, 1.82) is 0 Å². The second-order valence-corrected chi connectivity index (χ2v) is 18.5. The van der Waals surface area contributed by atoms with Crippen LogP contribution in [0.4, 0.5) is 17.1 Å². The molecule has 4 heteroatoms. The first-order chi connectivity index (χ1) is 26.9. The summed E-state index contributed by atoms with van der Waals surface area (Å²) in [6, 6.07) is 51.3. The number of fused-ring (bicyclic) bond motifs is 10. The van der Waals surface area contributed by atoms with Crippen LogP contribution >= 0.6 is 0 Å². The number of hydrogen-bond acceptors (Lipinski definition) is 1. The lowest BCUT2D eigenvalue weighted by Gasteiger charge is -2.41. The number of aromatic nitrogens is 2. The quantitative estimate of drug-likeness (QED) is 0.162. The molecule has 3 nitrogen and oxygen atoms in total. The van der Waals surface area contributed by atoms with Gasteiger partial charge in [0.15, 0.2) is 0 Å². The molecule has 272 valence electrons. The average molecular weight is 724 g/mol. The van der Waals surface area contributed by atoms with Gasteiger partial charge in [-0.15, -0.1) is 0 Å². The van der Waals surface area contributed by atoms with Gasteiger partial charge in [0.25, 0.3) is 6.71 Å². The first-order valence-electron chi connectivity index (χ1n) is 20.1. The van der Waals surface area contributed by atoms with Crippen molar-refractivity contribution in [3.8, 4) is 11.4 Å². The maximum Gasteiger partial charge on any atom is 0.252 e. The Balaban J connectivity index is 1.35. The van der Waals surface area contributed by atoms with E-state index in [1.807, 2.05) is 0 Å². The number of anilines is 3. The highest BCUT2D eigenvalue weighted by Gasteiger charge is 2.42. The zero-order valence-electron chi connectivity index (χ0n) is 33.6. The van der Waals surface area contributed by atoms with Crippen LogP contribution in [0.5, 0.6) is 0 Å². The van der Waals surface area contributed by atoms with Crippen molar-refractivity contribution in [3.05, 3.63) is 156 Å². The smallest absolute Gasteiger partial charge is 0.252 e. The first kappa shape index (κ1) is 33.4. The Labute approximate surface area is 329 Å². The normalized spacial score (nSPS) is 13.6. The van der Waals surface area contributed by atoms with Crippen molar-refractivity contribution in [3.63, 3.8) is 0 Å². The fourth-order valence-corrected chi connectivity index (χ4v) is 9.95. The lowest BCUT2D eigenvalue weighted by Crippen LogP contribution is -2.60. The first-order valence-corrected chi connectivity index (χ1v) is 20.1. The van der Waals surface area contributed by atoms with E-state index in [-0.39, 0.29) is 17.5 Å². The van der Waals surface area contributed by atoms with Gasteiger partial charge in [-0.3, -0.25) is 0 Å². The monoisotopic (exact) mass is 723 g/mol. The van der Waals surface area contributed by atoms with Crippen LogP contribution in [0.25, 0.3) is 55.0 Å². The number of para-hydroxylation sites is 2. The summed E-state index contributed by atoms with van der Waals surface area (Å²) >= 11 is 0. The summed E-state index contributed by atoms with van der Waals surface area (Å²) in [6.45, 7) is 18.5. The van der Waals surface area contributed by atoms with Crippen molar-refractivity contribution in [2.24, 2.45) is 0 Å². The maximum absolute atomic E-state index is 2.59. The highest BCUT2D eigenvalue weighted by Crippen LogP contribution is 2.45. The van der Waals surface area contributed by atoms with Gasteiger partial charge in [0.05, 0.1) is 22.2 Å². The van der Waals surface area contributed by atoms with E-state index in [1.54, 1.807) is 0 Å². The van der Waals surface area contributed by atoms with E-state index in [0.717, 1.165) is 0 Å². The molecule has 0 saturated carbocycles. The van der Waals surface area contributed by atoms with Crippen LogP contribution in [0.2, 0.25) is 0 Å². The summed E-state index contributed by atoms with van der Waals surface area (Å²) < 4.78 is 5.17. The predicted molar refractivity (Wildman–Crippen MR) is 241 cm³/mol. The Morgan fingerprint density at radius 2 is 1.04 bits per heavy atom. The minimum Gasteiger partial charge on any atom is -0.311 e. The number of nitrogens with zero attached hydrogens (tertiary/aromatic N) is 3. The van der Waals surface area contributed by atoms with Crippen molar-refractivity contribution < 1.29 is 0 Å².